The minimum Gasteiger partial charge on any atom is -0.351 e. The minimum absolute atomic E-state index is 0.0112. The van der Waals surface area contributed by atoms with E-state index in [2.05, 4.69) is 15.7 Å². The number of carbonyl (C=O) groups excluding carboxylic acids is 1. The number of benzene rings is 1. The van der Waals surface area contributed by atoms with Crippen LogP contribution in [0.5, 0.6) is 0 Å². The maximum atomic E-state index is 11.8. The zero-order valence-electron chi connectivity index (χ0n) is 11.8. The Morgan fingerprint density at radius 3 is 2.70 bits per heavy atom. The van der Waals surface area contributed by atoms with Crippen molar-refractivity contribution in [2.45, 2.75) is 19.5 Å². The molecule has 1 heterocycles. The summed E-state index contributed by atoms with van der Waals surface area (Å²) in [6.07, 6.45) is 1.75. The van der Waals surface area contributed by atoms with Crippen LogP contribution in [-0.2, 0) is 18.4 Å². The van der Waals surface area contributed by atoms with Gasteiger partial charge in [0.25, 0.3) is 0 Å². The predicted molar refractivity (Wildman–Crippen MR) is 77.9 cm³/mol. The lowest BCUT2D eigenvalue weighted by atomic mass is 10.2. The summed E-state index contributed by atoms with van der Waals surface area (Å²) in [5, 5.41) is 10.2. The molecule has 0 spiro atoms. The number of nitrogens with zero attached hydrogens (tertiary/aromatic N) is 2. The number of aryl methyl sites for hydroxylation is 1. The van der Waals surface area contributed by atoms with Crippen LogP contribution in [-0.4, -0.2) is 22.2 Å². The smallest absolute Gasteiger partial charge is 0.234 e. The molecule has 0 bridgehead atoms. The van der Waals surface area contributed by atoms with Gasteiger partial charge in [0.15, 0.2) is 0 Å². The van der Waals surface area contributed by atoms with Gasteiger partial charge in [-0.25, -0.2) is 0 Å². The third-order valence-electron chi connectivity index (χ3n) is 3.20. The van der Waals surface area contributed by atoms with Crippen LogP contribution < -0.4 is 10.6 Å². The Morgan fingerprint density at radius 2 is 2.05 bits per heavy atom. The fraction of sp³-hybridized carbons (Fsp3) is 0.333. The van der Waals surface area contributed by atoms with Crippen molar-refractivity contribution in [3.8, 4) is 0 Å². The molecule has 20 heavy (non-hydrogen) atoms. The number of hydrogen-bond donors (Lipinski definition) is 2. The highest BCUT2D eigenvalue weighted by Crippen LogP contribution is 2.09. The van der Waals surface area contributed by atoms with Gasteiger partial charge in [-0.15, -0.1) is 0 Å². The number of nitrogens with one attached hydrogen (secondary N) is 2. The molecule has 2 N–H and O–H groups in total. The Bertz CT molecular complexity index is 550. The molecule has 5 heteroatoms. The van der Waals surface area contributed by atoms with E-state index in [4.69, 9.17) is 0 Å². The van der Waals surface area contributed by atoms with Crippen LogP contribution in [0.1, 0.15) is 24.2 Å². The third kappa shape index (κ3) is 3.93. The average Bonchev–Trinajstić information content (AvgIpc) is 2.90. The van der Waals surface area contributed by atoms with Gasteiger partial charge < -0.3 is 10.6 Å². The van der Waals surface area contributed by atoms with Crippen molar-refractivity contribution in [2.75, 3.05) is 6.54 Å². The average molecular weight is 272 g/mol. The van der Waals surface area contributed by atoms with Crippen LogP contribution in [0.4, 0.5) is 0 Å². The Morgan fingerprint density at radius 1 is 1.30 bits per heavy atom. The molecular formula is C15H20N4O. The van der Waals surface area contributed by atoms with E-state index in [1.54, 1.807) is 10.9 Å². The van der Waals surface area contributed by atoms with Crippen LogP contribution >= 0.6 is 0 Å². The summed E-state index contributed by atoms with van der Waals surface area (Å²) in [5.74, 6) is -0.0112. The van der Waals surface area contributed by atoms with Gasteiger partial charge in [0, 0.05) is 25.8 Å². The Hall–Kier alpha value is -2.14. The molecule has 106 valence electrons. The molecule has 0 radical (unpaired) electrons. The first-order valence-corrected chi connectivity index (χ1v) is 6.68. The Labute approximate surface area is 119 Å². The van der Waals surface area contributed by atoms with Gasteiger partial charge in [0.1, 0.15) is 0 Å². The van der Waals surface area contributed by atoms with Crippen molar-refractivity contribution in [1.29, 1.82) is 0 Å². The predicted octanol–water partition coefficient (Wildman–Crippen LogP) is 1.39. The monoisotopic (exact) mass is 272 g/mol. The van der Waals surface area contributed by atoms with Gasteiger partial charge in [-0.1, -0.05) is 30.3 Å². The molecule has 1 atom stereocenters. The van der Waals surface area contributed by atoms with Gasteiger partial charge in [-0.3, -0.25) is 9.48 Å². The van der Waals surface area contributed by atoms with E-state index >= 15 is 0 Å². The third-order valence-corrected chi connectivity index (χ3v) is 3.20. The van der Waals surface area contributed by atoms with E-state index < -0.39 is 0 Å². The molecule has 0 aliphatic carbocycles. The highest BCUT2D eigenvalue weighted by Gasteiger charge is 2.10. The standard InChI is InChI=1S/C15H20N4O/c1-12(14-8-9-18-19(14)2)16-11-15(20)17-10-13-6-4-3-5-7-13/h3-9,12,16H,10-11H2,1-2H3,(H,17,20). The molecule has 5 nitrogen and oxygen atoms in total. The van der Waals surface area contributed by atoms with Crippen LogP contribution in [0.15, 0.2) is 42.6 Å². The number of carbonyl (C=O) groups is 1. The number of hydrogen-bond acceptors (Lipinski definition) is 3. The van der Waals surface area contributed by atoms with Crippen molar-refractivity contribution in [1.82, 2.24) is 20.4 Å². The fourth-order valence-electron chi connectivity index (χ4n) is 2.02. The first kappa shape index (κ1) is 14.3. The summed E-state index contributed by atoms with van der Waals surface area (Å²) in [7, 11) is 1.89. The Balaban J connectivity index is 1.74. The largest absolute Gasteiger partial charge is 0.351 e. The second kappa shape index (κ2) is 6.86. The van der Waals surface area contributed by atoms with Gasteiger partial charge >= 0.3 is 0 Å². The quantitative estimate of drug-likeness (QED) is 0.835. The lowest BCUT2D eigenvalue weighted by Gasteiger charge is -2.14. The van der Waals surface area contributed by atoms with Crippen molar-refractivity contribution in [3.05, 3.63) is 53.9 Å². The van der Waals surface area contributed by atoms with Crippen LogP contribution in [0.25, 0.3) is 0 Å². The SMILES string of the molecule is CC(NCC(=O)NCc1ccccc1)c1ccnn1C. The second-order valence-corrected chi connectivity index (χ2v) is 4.74. The lowest BCUT2D eigenvalue weighted by molar-refractivity contribution is -0.120. The molecule has 0 saturated heterocycles. The summed E-state index contributed by atoms with van der Waals surface area (Å²) < 4.78 is 1.81. The van der Waals surface area contributed by atoms with Crippen molar-refractivity contribution < 1.29 is 4.79 Å². The lowest BCUT2D eigenvalue weighted by Crippen LogP contribution is -2.35. The first-order chi connectivity index (χ1) is 9.66. The van der Waals surface area contributed by atoms with Crippen molar-refractivity contribution in [3.63, 3.8) is 0 Å². The van der Waals surface area contributed by atoms with Crippen molar-refractivity contribution in [2.24, 2.45) is 7.05 Å². The van der Waals surface area contributed by atoms with Gasteiger partial charge in [-0.05, 0) is 18.6 Å². The minimum atomic E-state index is -0.0112. The molecule has 0 saturated carbocycles. The van der Waals surface area contributed by atoms with Crippen LogP contribution in [0.3, 0.4) is 0 Å². The molecule has 0 aliphatic rings. The summed E-state index contributed by atoms with van der Waals surface area (Å²) in [6, 6.07) is 11.9. The van der Waals surface area contributed by atoms with E-state index in [9.17, 15) is 4.79 Å². The Kier molecular flexibility index (Phi) is 4.90. The maximum absolute atomic E-state index is 11.8. The van der Waals surface area contributed by atoms with E-state index in [0.29, 0.717) is 13.1 Å². The molecule has 2 rings (SSSR count). The van der Waals surface area contributed by atoms with E-state index in [1.807, 2.05) is 50.4 Å². The molecular weight excluding hydrogens is 252 g/mol. The van der Waals surface area contributed by atoms with Gasteiger partial charge in [0.2, 0.25) is 5.91 Å². The highest BCUT2D eigenvalue weighted by molar-refractivity contribution is 5.78. The van der Waals surface area contributed by atoms with E-state index in [-0.39, 0.29) is 11.9 Å². The van der Waals surface area contributed by atoms with Crippen LogP contribution in [0.2, 0.25) is 0 Å². The van der Waals surface area contributed by atoms with Gasteiger partial charge in [0.05, 0.1) is 12.2 Å². The number of aromatic nitrogens is 2. The maximum Gasteiger partial charge on any atom is 0.234 e. The summed E-state index contributed by atoms with van der Waals surface area (Å²) >= 11 is 0. The summed E-state index contributed by atoms with van der Waals surface area (Å²) in [4.78, 5) is 11.8. The molecule has 0 fully saturated rings. The molecule has 1 amide bonds. The normalized spacial score (nSPS) is 12.1. The van der Waals surface area contributed by atoms with Crippen LogP contribution in [0, 0.1) is 0 Å². The van der Waals surface area contributed by atoms with Crippen molar-refractivity contribution >= 4 is 5.91 Å². The molecule has 2 aromatic rings. The zero-order chi connectivity index (χ0) is 14.4. The first-order valence-electron chi connectivity index (χ1n) is 6.68. The summed E-state index contributed by atoms with van der Waals surface area (Å²) in [5.41, 5.74) is 2.15. The van der Waals surface area contributed by atoms with Gasteiger partial charge in [-0.2, -0.15) is 5.10 Å². The second-order valence-electron chi connectivity index (χ2n) is 4.74. The molecule has 1 unspecified atom stereocenters. The fourth-order valence-corrected chi connectivity index (χ4v) is 2.02. The van der Waals surface area contributed by atoms with E-state index in [1.165, 1.54) is 0 Å². The summed E-state index contributed by atoms with van der Waals surface area (Å²) in [6.45, 7) is 2.86. The molecule has 1 aromatic heterocycles. The topological polar surface area (TPSA) is 59.0 Å². The van der Waals surface area contributed by atoms with E-state index in [0.717, 1.165) is 11.3 Å². The zero-order valence-corrected chi connectivity index (χ0v) is 11.8. The highest BCUT2D eigenvalue weighted by atomic mass is 16.1. The molecule has 0 aliphatic heterocycles. The number of amides is 1. The number of rotatable bonds is 6. The molecule has 1 aromatic carbocycles.